The summed E-state index contributed by atoms with van der Waals surface area (Å²) in [5.74, 6) is 0.0814. The molecule has 0 spiro atoms. The summed E-state index contributed by atoms with van der Waals surface area (Å²) in [5.41, 5.74) is 0. The van der Waals surface area contributed by atoms with E-state index in [0.717, 1.165) is 4.47 Å². The second kappa shape index (κ2) is 6.89. The second-order valence-corrected chi connectivity index (χ2v) is 7.80. The molecule has 1 aromatic rings. The van der Waals surface area contributed by atoms with Crippen molar-refractivity contribution in [3.8, 4) is 0 Å². The van der Waals surface area contributed by atoms with Crippen molar-refractivity contribution < 1.29 is 13.2 Å². The molecule has 1 aliphatic rings. The highest BCUT2D eigenvalue weighted by atomic mass is 79.9. The molecule has 1 amide bonds. The first-order valence-electron chi connectivity index (χ1n) is 6.98. The van der Waals surface area contributed by atoms with E-state index >= 15 is 0 Å². The lowest BCUT2D eigenvalue weighted by Gasteiger charge is -2.21. The molecule has 1 aromatic carbocycles. The summed E-state index contributed by atoms with van der Waals surface area (Å²) in [5, 5.41) is 0. The molecule has 1 saturated heterocycles. The largest absolute Gasteiger partial charge is 0.341 e. The second-order valence-electron chi connectivity index (χ2n) is 4.95. The molecule has 0 aromatic heterocycles. The summed E-state index contributed by atoms with van der Waals surface area (Å²) >= 11 is 3.30. The van der Waals surface area contributed by atoms with E-state index in [4.69, 9.17) is 0 Å². The van der Waals surface area contributed by atoms with Crippen LogP contribution in [0.25, 0.3) is 0 Å². The fourth-order valence-corrected chi connectivity index (χ4v) is 4.10. The fraction of sp³-hybridized carbons (Fsp3) is 0.500. The minimum absolute atomic E-state index is 0.0814. The molecule has 1 heterocycles. The van der Waals surface area contributed by atoms with Gasteiger partial charge in [0, 0.05) is 37.1 Å². The molecule has 0 unspecified atom stereocenters. The van der Waals surface area contributed by atoms with Crippen molar-refractivity contribution in [2.75, 3.05) is 26.2 Å². The van der Waals surface area contributed by atoms with Gasteiger partial charge in [0.25, 0.3) is 0 Å². The first-order valence-corrected chi connectivity index (χ1v) is 9.22. The van der Waals surface area contributed by atoms with Gasteiger partial charge >= 0.3 is 0 Å². The van der Waals surface area contributed by atoms with Gasteiger partial charge in [-0.1, -0.05) is 22.9 Å². The monoisotopic (exact) mass is 374 g/mol. The van der Waals surface area contributed by atoms with Crippen LogP contribution in [0.15, 0.2) is 33.6 Å². The summed E-state index contributed by atoms with van der Waals surface area (Å²) in [6.45, 7) is 3.71. The molecule has 2 rings (SSSR count). The number of amides is 1. The maximum absolute atomic E-state index is 12.6. The zero-order chi connectivity index (χ0) is 15.5. The highest BCUT2D eigenvalue weighted by molar-refractivity contribution is 9.10. The number of halogens is 1. The van der Waals surface area contributed by atoms with E-state index < -0.39 is 10.0 Å². The molecule has 1 fully saturated rings. The molecule has 0 aliphatic carbocycles. The van der Waals surface area contributed by atoms with E-state index in [1.54, 1.807) is 29.2 Å². The van der Waals surface area contributed by atoms with Crippen LogP contribution in [-0.4, -0.2) is 49.7 Å². The highest BCUT2D eigenvalue weighted by Crippen LogP contribution is 2.20. The van der Waals surface area contributed by atoms with Gasteiger partial charge in [-0.3, -0.25) is 4.79 Å². The average Bonchev–Trinajstić information content (AvgIpc) is 2.73. The Kier molecular flexibility index (Phi) is 5.40. The minimum Gasteiger partial charge on any atom is -0.341 e. The maximum atomic E-state index is 12.6. The quantitative estimate of drug-likeness (QED) is 0.813. The SMILES string of the molecule is CCC(=O)N1CCCN(S(=O)(=O)c2ccc(Br)cc2)CC1. The van der Waals surface area contributed by atoms with Crippen LogP contribution in [0.3, 0.4) is 0 Å². The lowest BCUT2D eigenvalue weighted by Crippen LogP contribution is -2.37. The van der Waals surface area contributed by atoms with E-state index in [2.05, 4.69) is 15.9 Å². The third-order valence-electron chi connectivity index (χ3n) is 3.56. The van der Waals surface area contributed by atoms with E-state index in [0.29, 0.717) is 43.9 Å². The van der Waals surface area contributed by atoms with Gasteiger partial charge in [-0.2, -0.15) is 4.31 Å². The minimum atomic E-state index is -3.48. The number of carbonyl (C=O) groups is 1. The van der Waals surface area contributed by atoms with Crippen LogP contribution in [0.2, 0.25) is 0 Å². The Morgan fingerprint density at radius 2 is 1.81 bits per heavy atom. The van der Waals surface area contributed by atoms with Gasteiger partial charge in [0.2, 0.25) is 15.9 Å². The van der Waals surface area contributed by atoms with E-state index in [1.165, 1.54) is 4.31 Å². The number of nitrogens with zero attached hydrogens (tertiary/aromatic N) is 2. The van der Waals surface area contributed by atoms with Gasteiger partial charge in [-0.15, -0.1) is 0 Å². The van der Waals surface area contributed by atoms with Crippen LogP contribution in [0.1, 0.15) is 19.8 Å². The summed E-state index contributed by atoms with van der Waals surface area (Å²) in [4.78, 5) is 13.8. The van der Waals surface area contributed by atoms with Crippen molar-refractivity contribution in [1.82, 2.24) is 9.21 Å². The van der Waals surface area contributed by atoms with Gasteiger partial charge in [0.05, 0.1) is 4.90 Å². The molecular formula is C14H19BrN2O3S. The maximum Gasteiger partial charge on any atom is 0.243 e. The van der Waals surface area contributed by atoms with Crippen molar-refractivity contribution in [3.63, 3.8) is 0 Å². The van der Waals surface area contributed by atoms with Gasteiger partial charge in [-0.05, 0) is 30.7 Å². The van der Waals surface area contributed by atoms with Gasteiger partial charge in [0.1, 0.15) is 0 Å². The Balaban J connectivity index is 2.14. The van der Waals surface area contributed by atoms with Crippen LogP contribution < -0.4 is 0 Å². The number of hydrogen-bond donors (Lipinski definition) is 0. The normalized spacial score (nSPS) is 17.5. The first kappa shape index (κ1) is 16.5. The summed E-state index contributed by atoms with van der Waals surface area (Å²) < 4.78 is 27.5. The number of benzene rings is 1. The lowest BCUT2D eigenvalue weighted by molar-refractivity contribution is -0.130. The molecule has 0 atom stereocenters. The topological polar surface area (TPSA) is 57.7 Å². The molecular weight excluding hydrogens is 356 g/mol. The number of rotatable bonds is 3. The molecule has 1 aliphatic heterocycles. The zero-order valence-electron chi connectivity index (χ0n) is 12.0. The molecule has 0 radical (unpaired) electrons. The van der Waals surface area contributed by atoms with E-state index in [-0.39, 0.29) is 5.91 Å². The Morgan fingerprint density at radius 3 is 2.43 bits per heavy atom. The van der Waals surface area contributed by atoms with Gasteiger partial charge < -0.3 is 4.90 Å². The molecule has 5 nitrogen and oxygen atoms in total. The lowest BCUT2D eigenvalue weighted by atomic mass is 10.3. The molecule has 0 N–H and O–H groups in total. The van der Waals surface area contributed by atoms with Crippen LogP contribution in [0.5, 0.6) is 0 Å². The van der Waals surface area contributed by atoms with Crippen molar-refractivity contribution in [2.45, 2.75) is 24.7 Å². The van der Waals surface area contributed by atoms with E-state index in [1.807, 2.05) is 6.92 Å². The van der Waals surface area contributed by atoms with Crippen molar-refractivity contribution in [3.05, 3.63) is 28.7 Å². The van der Waals surface area contributed by atoms with E-state index in [9.17, 15) is 13.2 Å². The standard InChI is InChI=1S/C14H19BrN2O3S/c1-2-14(18)16-8-3-9-17(11-10-16)21(19,20)13-6-4-12(15)5-7-13/h4-7H,2-3,8-11H2,1H3. The van der Waals surface area contributed by atoms with Crippen LogP contribution >= 0.6 is 15.9 Å². The van der Waals surface area contributed by atoms with Crippen molar-refractivity contribution in [2.24, 2.45) is 0 Å². The summed E-state index contributed by atoms with van der Waals surface area (Å²) in [6.07, 6.45) is 1.13. The Bertz CT molecular complexity index is 601. The van der Waals surface area contributed by atoms with Gasteiger partial charge in [0.15, 0.2) is 0 Å². The third-order valence-corrected chi connectivity index (χ3v) is 6.00. The molecule has 0 saturated carbocycles. The Morgan fingerprint density at radius 1 is 1.14 bits per heavy atom. The molecule has 7 heteroatoms. The summed E-state index contributed by atoms with van der Waals surface area (Å²) in [6, 6.07) is 6.63. The smallest absolute Gasteiger partial charge is 0.243 e. The molecule has 116 valence electrons. The Labute approximate surface area is 134 Å². The summed E-state index contributed by atoms with van der Waals surface area (Å²) in [7, 11) is -3.48. The first-order chi connectivity index (χ1) is 9.95. The molecule has 21 heavy (non-hydrogen) atoms. The van der Waals surface area contributed by atoms with Crippen LogP contribution in [0.4, 0.5) is 0 Å². The predicted molar refractivity (Wildman–Crippen MR) is 84.4 cm³/mol. The predicted octanol–water partition coefficient (Wildman–Crippen LogP) is 2.08. The van der Waals surface area contributed by atoms with Crippen LogP contribution in [-0.2, 0) is 14.8 Å². The Hall–Kier alpha value is -0.920. The number of sulfonamides is 1. The fourth-order valence-electron chi connectivity index (χ4n) is 2.36. The highest BCUT2D eigenvalue weighted by Gasteiger charge is 2.27. The zero-order valence-corrected chi connectivity index (χ0v) is 14.4. The number of hydrogen-bond acceptors (Lipinski definition) is 3. The average molecular weight is 375 g/mol. The molecule has 0 bridgehead atoms. The van der Waals surface area contributed by atoms with Gasteiger partial charge in [-0.25, -0.2) is 8.42 Å². The number of carbonyl (C=O) groups excluding carboxylic acids is 1. The van der Waals surface area contributed by atoms with Crippen LogP contribution in [0, 0.1) is 0 Å². The van der Waals surface area contributed by atoms with Crippen molar-refractivity contribution >= 4 is 31.9 Å². The third kappa shape index (κ3) is 3.84. The van der Waals surface area contributed by atoms with Crippen molar-refractivity contribution in [1.29, 1.82) is 0 Å².